The van der Waals surface area contributed by atoms with Gasteiger partial charge in [-0.2, -0.15) is 0 Å². The van der Waals surface area contributed by atoms with Crippen LogP contribution in [-0.2, 0) is 19.2 Å². The summed E-state index contributed by atoms with van der Waals surface area (Å²) in [4.78, 5) is 85.9. The number of nitrogens with zero attached hydrogens (tertiary/aromatic N) is 4. The highest BCUT2D eigenvalue weighted by atomic mass is 32.1. The maximum absolute atomic E-state index is 16.5. The number of fused-ring (bicyclic) bond motifs is 2. The van der Waals surface area contributed by atoms with Crippen LogP contribution in [-0.4, -0.2) is 69.4 Å². The van der Waals surface area contributed by atoms with Crippen LogP contribution < -0.4 is 0 Å². The molecule has 0 aromatic carbocycles. The van der Waals surface area contributed by atoms with E-state index < -0.39 is 0 Å². The molecule has 0 N–H and O–H groups in total. The van der Waals surface area contributed by atoms with Gasteiger partial charge in [-0.25, -0.2) is 0 Å². The van der Waals surface area contributed by atoms with Crippen molar-refractivity contribution in [2.45, 2.75) is 569 Å². The van der Waals surface area contributed by atoms with E-state index in [2.05, 4.69) is 159 Å². The molecule has 6 aromatic heterocycles. The highest BCUT2D eigenvalue weighted by Crippen LogP contribution is 2.54. The van der Waals surface area contributed by atoms with E-state index >= 15 is 19.2 Å². The minimum atomic E-state index is 0.0350. The third-order valence-corrected chi connectivity index (χ3v) is 39.7. The van der Waals surface area contributed by atoms with Crippen molar-refractivity contribution in [3.8, 4) is 29.3 Å². The molecule has 0 radical (unpaired) electrons. The van der Waals surface area contributed by atoms with Gasteiger partial charge >= 0.3 is 0 Å². The summed E-state index contributed by atoms with van der Waals surface area (Å²) in [6, 6.07) is 27.0. The van der Waals surface area contributed by atoms with Crippen molar-refractivity contribution in [2.24, 2.45) is 23.7 Å². The van der Waals surface area contributed by atoms with Gasteiger partial charge in [-0.1, -0.05) is 530 Å². The van der Waals surface area contributed by atoms with Gasteiger partial charge in [0.2, 0.25) is 0 Å². The first-order valence-corrected chi connectivity index (χ1v) is 67.8. The lowest BCUT2D eigenvalue weighted by Crippen LogP contribution is -2.34. The first-order valence-electron chi connectivity index (χ1n) is 62.7. The molecule has 8 nitrogen and oxygen atoms in total. The summed E-state index contributed by atoms with van der Waals surface area (Å²) in [5, 5.41) is 4.31. The molecule has 10 rings (SSSR count). The monoisotopic (exact) mass is 2110 g/mol. The van der Waals surface area contributed by atoms with Gasteiger partial charge in [0.05, 0.1) is 64.6 Å². The van der Waals surface area contributed by atoms with Gasteiger partial charge in [0, 0.05) is 55.4 Å². The molecular weight excluding hydrogens is 1900 g/mol. The summed E-state index contributed by atoms with van der Waals surface area (Å²) in [5.74, 6) is 1.52. The largest absolute Gasteiger partial charge is 0.306 e. The zero-order valence-corrected chi connectivity index (χ0v) is 99.6. The van der Waals surface area contributed by atoms with Crippen molar-refractivity contribution in [1.82, 2.24) is 19.6 Å². The molecule has 0 spiro atoms. The maximum Gasteiger partial charge on any atom is 0.261 e. The Labute approximate surface area is 919 Å². The predicted octanol–water partition coefficient (Wildman–Crippen LogP) is 44.5. The van der Waals surface area contributed by atoms with Crippen LogP contribution in [0, 0.1) is 23.7 Å². The lowest BCUT2D eigenvalue weighted by Gasteiger charge is -2.29. The van der Waals surface area contributed by atoms with Crippen LogP contribution in [0.3, 0.4) is 0 Å². The molecule has 0 bridgehead atoms. The first kappa shape index (κ1) is 123. The Hall–Kier alpha value is -4.96. The molecule has 0 saturated carbocycles. The van der Waals surface area contributed by atoms with E-state index in [-0.39, 0.29) is 23.6 Å². The van der Waals surface area contributed by atoms with Gasteiger partial charge in [0.15, 0.2) is 0 Å². The molecule has 818 valence electrons. The quantitative estimate of drug-likeness (QED) is 0.0356. The van der Waals surface area contributed by atoms with Crippen LogP contribution in [0.4, 0.5) is 0 Å². The Morgan fingerprint density at radius 1 is 0.171 bits per heavy atom. The Kier molecular flexibility index (Phi) is 63.8. The second kappa shape index (κ2) is 75.8. The molecule has 0 aliphatic carbocycles. The van der Waals surface area contributed by atoms with Gasteiger partial charge in [-0.05, 0) is 146 Å². The molecule has 6 aromatic rings. The van der Waals surface area contributed by atoms with Crippen molar-refractivity contribution in [1.29, 1.82) is 0 Å². The molecule has 4 aliphatic heterocycles. The summed E-state index contributed by atoms with van der Waals surface area (Å²) in [7, 11) is 0. The van der Waals surface area contributed by atoms with Gasteiger partial charge in [0.1, 0.15) is 0 Å². The average molecular weight is 2110 g/mol. The number of unbranched alkanes of at least 4 members (excludes halogenated alkanes) is 64. The standard InChI is InChI=1S/C132H210N4O4S6/c1-9-17-25-33-41-49-53-61-69-77-85-107(83-73-65-57-45-37-29-21-13-5)103-133-125(117-91-81-101-141-117)121-123(131(133)139)127(135(129(121)137)105-109(87-75-67-59-47-39-31-23-15-7)89-79-71-63-55-51-43-35-27-19-11-3)119-99-97-115(145-119)113-95-93-111(143-113)112-94-96-114(144-112)116-98-100-120(146-116)128-124-122(130(138)136(128)106-110(88-76-68-60-48-40-32-24-16-8)90-80-72-64-56-52-44-36-28-20-12-4)126(118-92-82-102-142-118)134(132(124)140)104-108(84-74-66-58-46-38-30-22-14-6)86-78-70-62-54-50-42-34-26-18-10-2/h81-82,91-102,107-110H,9-80,83-90,103-106H2,1-8H3. The summed E-state index contributed by atoms with van der Waals surface area (Å²) in [5.41, 5.74) is 6.07. The minimum Gasteiger partial charge on any atom is -0.306 e. The maximum atomic E-state index is 16.5. The SMILES string of the molecule is CCCCCCCCCCCCC(CCCCCCCCCC)CN1C(=O)C2=C(c3ccc(-c4ccc(-c5ccc(-c6ccc(C7=C8C(=O)N(CC(CCCCCCCCCC)CCCCCCCCCCCC)C(c9cccs9)=C8C(=O)N7CC(CCCCCCCCCC)CCCCCCCCCCCC)s6)s5)s4)s3)N(CC(CCCCCCCCCC)CCCCCCCCCCCC)C(=O)C2=C1c1cccs1. The molecule has 0 fully saturated rings. The van der Waals surface area contributed by atoms with Crippen LogP contribution in [0.15, 0.2) is 106 Å². The third kappa shape index (κ3) is 42.7. The normalized spacial score (nSPS) is 14.9. The van der Waals surface area contributed by atoms with Crippen LogP contribution >= 0.6 is 68.0 Å². The van der Waals surface area contributed by atoms with Crippen LogP contribution in [0.5, 0.6) is 0 Å². The first-order chi connectivity index (χ1) is 72.0. The fourth-order valence-electron chi connectivity index (χ4n) is 24.0. The Balaban J connectivity index is 0.974. The lowest BCUT2D eigenvalue weighted by molar-refractivity contribution is -0.124. The number of hydrogen-bond donors (Lipinski definition) is 0. The zero-order chi connectivity index (χ0) is 103. The highest BCUT2D eigenvalue weighted by Gasteiger charge is 2.52. The number of rotatable bonds is 95. The summed E-state index contributed by atoms with van der Waals surface area (Å²) < 4.78 is 0. The second-order valence-corrected chi connectivity index (χ2v) is 51.8. The zero-order valence-electron chi connectivity index (χ0n) is 94.7. The topological polar surface area (TPSA) is 81.2 Å². The molecule has 146 heavy (non-hydrogen) atoms. The molecular formula is C132H210N4O4S6. The van der Waals surface area contributed by atoms with Crippen molar-refractivity contribution >= 4 is 114 Å². The van der Waals surface area contributed by atoms with E-state index in [9.17, 15) is 0 Å². The van der Waals surface area contributed by atoms with Crippen LogP contribution in [0.1, 0.15) is 589 Å². The molecule has 10 heterocycles. The second-order valence-electron chi connectivity index (χ2n) is 45.6. The summed E-state index contributed by atoms with van der Waals surface area (Å²) in [6.07, 6.45) is 102. The Morgan fingerprint density at radius 3 is 0.459 bits per heavy atom. The van der Waals surface area contributed by atoms with Gasteiger partial charge in [0.25, 0.3) is 23.6 Å². The Bertz CT molecular complexity index is 4290. The number of carbonyl (C=O) groups excluding carboxylic acids is 4. The van der Waals surface area contributed by atoms with E-state index in [1.165, 1.54) is 482 Å². The van der Waals surface area contributed by atoms with E-state index in [1.807, 2.05) is 22.7 Å². The van der Waals surface area contributed by atoms with Gasteiger partial charge < -0.3 is 19.6 Å². The van der Waals surface area contributed by atoms with Crippen molar-refractivity contribution in [3.63, 3.8) is 0 Å². The number of amides is 4. The van der Waals surface area contributed by atoms with E-state index in [4.69, 9.17) is 0 Å². The highest BCUT2D eigenvalue weighted by molar-refractivity contribution is 7.28. The minimum absolute atomic E-state index is 0.0350. The molecule has 0 saturated heterocycles. The summed E-state index contributed by atoms with van der Waals surface area (Å²) >= 11 is 10.6. The molecule has 14 heteroatoms. The summed E-state index contributed by atoms with van der Waals surface area (Å²) in [6.45, 7) is 21.1. The molecule has 4 atom stereocenters. The molecule has 4 aliphatic rings. The molecule has 4 unspecified atom stereocenters. The smallest absolute Gasteiger partial charge is 0.261 e. The van der Waals surface area contributed by atoms with Crippen molar-refractivity contribution in [2.75, 3.05) is 26.2 Å². The number of carbonyl (C=O) groups is 4. The Morgan fingerprint density at radius 2 is 0.308 bits per heavy atom. The third-order valence-electron chi connectivity index (χ3n) is 33.0. The van der Waals surface area contributed by atoms with E-state index in [0.29, 0.717) is 72.1 Å². The van der Waals surface area contributed by atoms with Crippen molar-refractivity contribution in [3.05, 3.63) is 125 Å². The molecule has 4 amide bonds. The predicted molar refractivity (Wildman–Crippen MR) is 646 cm³/mol. The van der Waals surface area contributed by atoms with Crippen LogP contribution in [0.2, 0.25) is 0 Å². The number of hydrogen-bond acceptors (Lipinski definition) is 10. The van der Waals surface area contributed by atoms with Gasteiger partial charge in [-0.15, -0.1) is 68.0 Å². The fourth-order valence-corrected chi connectivity index (χ4v) is 30.0. The fraction of sp³-hybridized carbons (Fsp3) is 0.727. The average Bonchev–Trinajstić information content (AvgIpc) is 1.56. The van der Waals surface area contributed by atoms with Crippen molar-refractivity contribution < 1.29 is 19.2 Å². The van der Waals surface area contributed by atoms with E-state index in [0.717, 1.165) is 103 Å². The lowest BCUT2D eigenvalue weighted by atomic mass is 9.93. The van der Waals surface area contributed by atoms with E-state index in [1.54, 1.807) is 45.3 Å². The van der Waals surface area contributed by atoms with Gasteiger partial charge in [-0.3, -0.25) is 19.2 Å². The number of thiophene rings is 6. The van der Waals surface area contributed by atoms with Crippen LogP contribution in [0.25, 0.3) is 52.1 Å².